The largest absolute Gasteiger partial charge is 0.317 e. The van der Waals surface area contributed by atoms with Crippen molar-refractivity contribution < 1.29 is 4.39 Å². The highest BCUT2D eigenvalue weighted by Gasteiger charge is 2.21. The molecule has 0 unspecified atom stereocenters. The molecule has 162 valence electrons. The van der Waals surface area contributed by atoms with Crippen LogP contribution >= 0.6 is 11.8 Å². The van der Waals surface area contributed by atoms with Crippen molar-refractivity contribution in [3.63, 3.8) is 0 Å². The van der Waals surface area contributed by atoms with Crippen molar-refractivity contribution in [3.05, 3.63) is 59.6 Å². The Morgan fingerprint density at radius 3 is 2.75 bits per heavy atom. The first kappa shape index (κ1) is 20.7. The zero-order valence-electron chi connectivity index (χ0n) is 17.8. The smallest absolute Gasteiger partial charge is 0.144 e. The third-order valence-electron chi connectivity index (χ3n) is 5.92. The number of rotatable bonds is 4. The molecule has 1 aliphatic heterocycles. The molecule has 0 atom stereocenters. The SMILES string of the molecule is Cc1nc(Sc2cc(-c3cnn(C4CCNCC4)c3C)cn3ncc(C#N)c23)ccc1F. The summed E-state index contributed by atoms with van der Waals surface area (Å²) in [5.74, 6) is -0.337. The van der Waals surface area contributed by atoms with Gasteiger partial charge in [0.1, 0.15) is 16.9 Å². The summed E-state index contributed by atoms with van der Waals surface area (Å²) < 4.78 is 17.6. The van der Waals surface area contributed by atoms with E-state index in [2.05, 4.69) is 33.1 Å². The van der Waals surface area contributed by atoms with Crippen LogP contribution in [0.2, 0.25) is 0 Å². The minimum Gasteiger partial charge on any atom is -0.317 e. The molecular weight excluding hydrogens is 425 g/mol. The summed E-state index contributed by atoms with van der Waals surface area (Å²) in [5, 5.41) is 22.7. The van der Waals surface area contributed by atoms with E-state index in [1.54, 1.807) is 23.7 Å². The fraction of sp³-hybridized carbons (Fsp3) is 0.304. The lowest BCUT2D eigenvalue weighted by Crippen LogP contribution is -2.30. The van der Waals surface area contributed by atoms with E-state index in [0.29, 0.717) is 27.8 Å². The summed E-state index contributed by atoms with van der Waals surface area (Å²) in [5.41, 5.74) is 4.65. The van der Waals surface area contributed by atoms with E-state index in [-0.39, 0.29) is 5.82 Å². The summed E-state index contributed by atoms with van der Waals surface area (Å²) in [4.78, 5) is 5.19. The summed E-state index contributed by atoms with van der Waals surface area (Å²) >= 11 is 1.40. The number of aromatic nitrogens is 5. The fourth-order valence-corrected chi connectivity index (χ4v) is 5.24. The van der Waals surface area contributed by atoms with Gasteiger partial charge in [-0.05, 0) is 58.0 Å². The van der Waals surface area contributed by atoms with Crippen molar-refractivity contribution in [3.8, 4) is 17.2 Å². The van der Waals surface area contributed by atoms with Gasteiger partial charge in [0.05, 0.1) is 35.2 Å². The molecule has 1 N–H and O–H groups in total. The van der Waals surface area contributed by atoms with Crippen LogP contribution in [0.25, 0.3) is 16.6 Å². The number of fused-ring (bicyclic) bond motifs is 1. The van der Waals surface area contributed by atoms with Crippen LogP contribution in [0.5, 0.6) is 0 Å². The van der Waals surface area contributed by atoms with Crippen molar-refractivity contribution >= 4 is 17.3 Å². The molecular formula is C23H22FN7S. The molecule has 5 rings (SSSR count). The van der Waals surface area contributed by atoms with Crippen LogP contribution in [0, 0.1) is 31.0 Å². The molecule has 1 aliphatic rings. The second-order valence-electron chi connectivity index (χ2n) is 7.94. The molecule has 9 heteroatoms. The van der Waals surface area contributed by atoms with Crippen LogP contribution in [0.3, 0.4) is 0 Å². The number of piperidine rings is 1. The molecule has 7 nitrogen and oxygen atoms in total. The van der Waals surface area contributed by atoms with Gasteiger partial charge in [0, 0.05) is 27.9 Å². The number of nitrogens with zero attached hydrogens (tertiary/aromatic N) is 6. The van der Waals surface area contributed by atoms with E-state index in [1.165, 1.54) is 17.8 Å². The Kier molecular flexibility index (Phi) is 5.41. The van der Waals surface area contributed by atoms with Gasteiger partial charge in [-0.2, -0.15) is 15.5 Å². The molecule has 5 heterocycles. The Morgan fingerprint density at radius 2 is 2.00 bits per heavy atom. The minimum absolute atomic E-state index is 0.337. The lowest BCUT2D eigenvalue weighted by atomic mass is 10.1. The van der Waals surface area contributed by atoms with Crippen LogP contribution in [0.4, 0.5) is 4.39 Å². The maximum Gasteiger partial charge on any atom is 0.144 e. The highest BCUT2D eigenvalue weighted by atomic mass is 32.2. The second kappa shape index (κ2) is 8.37. The standard InChI is InChI=1S/C23H22FN7S/c1-14-20(24)3-4-22(29-14)32-21-9-16(13-30-23(21)17(10-25)11-27-30)19-12-28-31(15(19)2)18-5-7-26-8-6-18/h3-4,9,11-13,18,26H,5-8H2,1-2H3. The van der Waals surface area contributed by atoms with E-state index >= 15 is 0 Å². The molecule has 32 heavy (non-hydrogen) atoms. The molecule has 4 aromatic rings. The van der Waals surface area contributed by atoms with Crippen LogP contribution in [-0.4, -0.2) is 37.5 Å². The minimum atomic E-state index is -0.337. The zero-order valence-corrected chi connectivity index (χ0v) is 18.7. The number of nitriles is 1. The molecule has 0 spiro atoms. The van der Waals surface area contributed by atoms with Crippen molar-refractivity contribution in [1.29, 1.82) is 5.26 Å². The molecule has 4 aromatic heterocycles. The van der Waals surface area contributed by atoms with Gasteiger partial charge in [-0.25, -0.2) is 13.9 Å². The maximum atomic E-state index is 13.7. The first-order valence-corrected chi connectivity index (χ1v) is 11.3. The first-order chi connectivity index (χ1) is 15.5. The van der Waals surface area contributed by atoms with E-state index in [0.717, 1.165) is 47.6 Å². The van der Waals surface area contributed by atoms with E-state index in [9.17, 15) is 9.65 Å². The number of aryl methyl sites for hydroxylation is 1. The molecule has 0 aromatic carbocycles. The summed E-state index contributed by atoms with van der Waals surface area (Å²) in [6.45, 7) is 5.74. The van der Waals surface area contributed by atoms with Crippen molar-refractivity contribution in [2.24, 2.45) is 0 Å². The summed E-state index contributed by atoms with van der Waals surface area (Å²) in [6, 6.07) is 7.72. The topological polar surface area (TPSA) is 83.8 Å². The van der Waals surface area contributed by atoms with E-state index in [1.807, 2.05) is 18.5 Å². The maximum absolute atomic E-state index is 13.7. The molecule has 0 bridgehead atoms. The van der Waals surface area contributed by atoms with Crippen molar-refractivity contribution in [1.82, 2.24) is 29.7 Å². The van der Waals surface area contributed by atoms with Gasteiger partial charge < -0.3 is 5.32 Å². The monoisotopic (exact) mass is 447 g/mol. The average molecular weight is 448 g/mol. The van der Waals surface area contributed by atoms with Crippen molar-refractivity contribution in [2.75, 3.05) is 13.1 Å². The summed E-state index contributed by atoms with van der Waals surface area (Å²) in [6.07, 6.45) is 7.52. The Morgan fingerprint density at radius 1 is 1.19 bits per heavy atom. The predicted octanol–water partition coefficient (Wildman–Crippen LogP) is 4.30. The average Bonchev–Trinajstić information content (AvgIpc) is 3.40. The first-order valence-electron chi connectivity index (χ1n) is 10.5. The highest BCUT2D eigenvalue weighted by molar-refractivity contribution is 7.99. The van der Waals surface area contributed by atoms with Gasteiger partial charge in [-0.3, -0.25) is 4.68 Å². The molecule has 0 saturated carbocycles. The third kappa shape index (κ3) is 3.66. The van der Waals surface area contributed by atoms with Gasteiger partial charge in [-0.1, -0.05) is 11.8 Å². The van der Waals surface area contributed by atoms with Gasteiger partial charge in [0.15, 0.2) is 0 Å². The van der Waals surface area contributed by atoms with Crippen LogP contribution < -0.4 is 5.32 Å². The van der Waals surface area contributed by atoms with Gasteiger partial charge in [0.25, 0.3) is 0 Å². The predicted molar refractivity (Wildman–Crippen MR) is 120 cm³/mol. The normalized spacial score (nSPS) is 14.7. The van der Waals surface area contributed by atoms with E-state index in [4.69, 9.17) is 5.10 Å². The number of halogens is 1. The lowest BCUT2D eigenvalue weighted by molar-refractivity contribution is 0.338. The van der Waals surface area contributed by atoms with Gasteiger partial charge in [-0.15, -0.1) is 0 Å². The number of pyridine rings is 2. The molecule has 0 radical (unpaired) electrons. The van der Waals surface area contributed by atoms with Crippen molar-refractivity contribution in [2.45, 2.75) is 42.7 Å². The van der Waals surface area contributed by atoms with E-state index < -0.39 is 0 Å². The van der Waals surface area contributed by atoms with Gasteiger partial charge in [0.2, 0.25) is 0 Å². The number of nitrogens with one attached hydrogen (secondary N) is 1. The summed E-state index contributed by atoms with van der Waals surface area (Å²) in [7, 11) is 0. The molecule has 0 aliphatic carbocycles. The third-order valence-corrected chi connectivity index (χ3v) is 6.89. The highest BCUT2D eigenvalue weighted by Crippen LogP contribution is 2.36. The fourth-order valence-electron chi connectivity index (χ4n) is 4.21. The molecule has 1 fully saturated rings. The van der Waals surface area contributed by atoms with Crippen LogP contribution in [-0.2, 0) is 0 Å². The Balaban J connectivity index is 1.60. The molecule has 0 amide bonds. The Hall–Kier alpha value is -3.22. The lowest BCUT2D eigenvalue weighted by Gasteiger charge is -2.24. The van der Waals surface area contributed by atoms with Crippen LogP contribution in [0.15, 0.2) is 46.7 Å². The molecule has 1 saturated heterocycles. The van der Waals surface area contributed by atoms with Crippen LogP contribution in [0.1, 0.15) is 35.8 Å². The number of hydrogen-bond donors (Lipinski definition) is 1. The number of hydrogen-bond acceptors (Lipinski definition) is 6. The Labute approximate surface area is 189 Å². The van der Waals surface area contributed by atoms with Gasteiger partial charge >= 0.3 is 0 Å². The Bertz CT molecular complexity index is 1340. The quantitative estimate of drug-likeness (QED) is 0.502. The zero-order chi connectivity index (χ0) is 22.2. The second-order valence-corrected chi connectivity index (χ2v) is 9.01.